The van der Waals surface area contributed by atoms with Crippen LogP contribution in [-0.2, 0) is 4.79 Å². The van der Waals surface area contributed by atoms with Gasteiger partial charge in [0.25, 0.3) is 0 Å². The molecule has 0 spiro atoms. The molecule has 2 aromatic carbocycles. The van der Waals surface area contributed by atoms with Crippen LogP contribution in [0, 0.1) is 0 Å². The van der Waals surface area contributed by atoms with Gasteiger partial charge in [-0.1, -0.05) is 48.5 Å². The molecule has 0 fully saturated rings. The number of benzene rings is 2. The fourth-order valence-corrected chi connectivity index (χ4v) is 3.14. The molecule has 4 rings (SSSR count). The summed E-state index contributed by atoms with van der Waals surface area (Å²) in [5, 5.41) is 6.42. The average Bonchev–Trinajstić information content (AvgIpc) is 2.60. The minimum Gasteiger partial charge on any atom is -0.378 e. The highest BCUT2D eigenvalue weighted by Crippen LogP contribution is 2.31. The number of carbonyl (C=O) groups excluding carboxylic acids is 1. The van der Waals surface area contributed by atoms with Crippen LogP contribution in [0.25, 0.3) is 12.2 Å². The molecule has 0 amide bonds. The maximum absolute atomic E-state index is 13.1. The summed E-state index contributed by atoms with van der Waals surface area (Å²) in [6, 6.07) is 15.4. The maximum atomic E-state index is 13.1. The van der Waals surface area contributed by atoms with Gasteiger partial charge in [0, 0.05) is 0 Å². The maximum Gasteiger partial charge on any atom is 0.186 e. The van der Waals surface area contributed by atoms with Gasteiger partial charge in [0.05, 0.1) is 0 Å². The van der Waals surface area contributed by atoms with Crippen molar-refractivity contribution in [3.63, 3.8) is 0 Å². The molecule has 0 saturated heterocycles. The van der Waals surface area contributed by atoms with Crippen LogP contribution in [0.3, 0.4) is 0 Å². The second-order valence-electron chi connectivity index (χ2n) is 5.53. The highest BCUT2D eigenvalue weighted by molar-refractivity contribution is 5.94. The summed E-state index contributed by atoms with van der Waals surface area (Å²) < 4.78 is 0. The molecule has 108 valence electrons. The standard InChI is InChI=1S/C19H16N2O/c22-19(17-15-7-3-1-5-13(15)9-11-20-17)18-16-8-4-2-6-14(16)10-12-21-18/h1-12,17-18,20-21H. The molecule has 3 nitrogen and oxygen atoms in total. The normalized spacial score (nSPS) is 21.3. The molecule has 0 saturated carbocycles. The van der Waals surface area contributed by atoms with Crippen molar-refractivity contribution in [1.82, 2.24) is 10.6 Å². The molecule has 2 atom stereocenters. The third-order valence-electron chi connectivity index (χ3n) is 4.23. The van der Waals surface area contributed by atoms with Crippen molar-refractivity contribution in [3.8, 4) is 0 Å². The first-order valence-electron chi connectivity index (χ1n) is 7.41. The lowest BCUT2D eigenvalue weighted by molar-refractivity contribution is -0.123. The van der Waals surface area contributed by atoms with Gasteiger partial charge in [-0.25, -0.2) is 0 Å². The predicted octanol–water partition coefficient (Wildman–Crippen LogP) is 3.19. The fourth-order valence-electron chi connectivity index (χ4n) is 3.14. The van der Waals surface area contributed by atoms with Crippen molar-refractivity contribution >= 4 is 17.9 Å². The van der Waals surface area contributed by atoms with Crippen LogP contribution in [0.2, 0.25) is 0 Å². The Labute approximate surface area is 129 Å². The zero-order valence-corrected chi connectivity index (χ0v) is 12.0. The summed E-state index contributed by atoms with van der Waals surface area (Å²) in [7, 11) is 0. The minimum absolute atomic E-state index is 0.133. The minimum atomic E-state index is -0.321. The van der Waals surface area contributed by atoms with Crippen molar-refractivity contribution in [3.05, 3.63) is 83.2 Å². The largest absolute Gasteiger partial charge is 0.378 e. The predicted molar refractivity (Wildman–Crippen MR) is 87.7 cm³/mol. The summed E-state index contributed by atoms with van der Waals surface area (Å²) in [6.07, 6.45) is 7.72. The Morgan fingerprint density at radius 1 is 0.727 bits per heavy atom. The zero-order valence-electron chi connectivity index (χ0n) is 12.0. The Kier molecular flexibility index (Phi) is 3.04. The van der Waals surface area contributed by atoms with Gasteiger partial charge in [0.1, 0.15) is 12.1 Å². The molecule has 2 unspecified atom stereocenters. The number of carbonyl (C=O) groups is 1. The average molecular weight is 288 g/mol. The lowest BCUT2D eigenvalue weighted by Gasteiger charge is -2.29. The van der Waals surface area contributed by atoms with E-state index < -0.39 is 0 Å². The van der Waals surface area contributed by atoms with Gasteiger partial charge in [-0.05, 0) is 46.8 Å². The first-order valence-corrected chi connectivity index (χ1v) is 7.41. The molecule has 2 aliphatic rings. The number of fused-ring (bicyclic) bond motifs is 2. The Morgan fingerprint density at radius 2 is 1.18 bits per heavy atom. The van der Waals surface area contributed by atoms with Crippen LogP contribution in [-0.4, -0.2) is 5.78 Å². The van der Waals surface area contributed by atoms with Gasteiger partial charge in [0.2, 0.25) is 0 Å². The molecule has 0 aromatic heterocycles. The summed E-state index contributed by atoms with van der Waals surface area (Å²) in [6.45, 7) is 0. The number of Topliss-reactive ketones (excluding diaryl/α,β-unsaturated/α-hetero) is 1. The summed E-state index contributed by atoms with van der Waals surface area (Å²) in [5.41, 5.74) is 4.26. The van der Waals surface area contributed by atoms with Gasteiger partial charge in [-0.15, -0.1) is 0 Å². The van der Waals surface area contributed by atoms with E-state index in [-0.39, 0.29) is 17.9 Å². The third-order valence-corrected chi connectivity index (χ3v) is 4.23. The molecule has 2 aromatic rings. The number of nitrogens with one attached hydrogen (secondary N) is 2. The molecule has 0 radical (unpaired) electrons. The molecule has 2 aliphatic heterocycles. The second-order valence-corrected chi connectivity index (χ2v) is 5.53. The van der Waals surface area contributed by atoms with E-state index in [1.54, 1.807) is 0 Å². The van der Waals surface area contributed by atoms with Crippen molar-refractivity contribution < 1.29 is 4.79 Å². The van der Waals surface area contributed by atoms with Crippen molar-refractivity contribution in [1.29, 1.82) is 0 Å². The summed E-state index contributed by atoms with van der Waals surface area (Å²) in [4.78, 5) is 13.1. The fraction of sp³-hybridized carbons (Fsp3) is 0.105. The topological polar surface area (TPSA) is 41.1 Å². The van der Waals surface area contributed by atoms with Gasteiger partial charge in [0.15, 0.2) is 5.78 Å². The van der Waals surface area contributed by atoms with E-state index in [4.69, 9.17) is 0 Å². The van der Waals surface area contributed by atoms with Gasteiger partial charge < -0.3 is 10.6 Å². The van der Waals surface area contributed by atoms with Crippen molar-refractivity contribution in [2.45, 2.75) is 12.1 Å². The van der Waals surface area contributed by atoms with Crippen LogP contribution < -0.4 is 10.6 Å². The van der Waals surface area contributed by atoms with Gasteiger partial charge >= 0.3 is 0 Å². The molecule has 3 heteroatoms. The van der Waals surface area contributed by atoms with Gasteiger partial charge in [-0.2, -0.15) is 0 Å². The van der Waals surface area contributed by atoms with E-state index >= 15 is 0 Å². The van der Waals surface area contributed by atoms with Crippen molar-refractivity contribution in [2.24, 2.45) is 0 Å². The first kappa shape index (κ1) is 12.9. The van der Waals surface area contributed by atoms with E-state index in [1.165, 1.54) is 0 Å². The molecule has 0 aliphatic carbocycles. The Balaban J connectivity index is 1.72. The Bertz CT molecular complexity index is 726. The molecule has 2 heterocycles. The van der Waals surface area contributed by atoms with Crippen molar-refractivity contribution in [2.75, 3.05) is 0 Å². The second kappa shape index (κ2) is 5.19. The van der Waals surface area contributed by atoms with Gasteiger partial charge in [-0.3, -0.25) is 4.79 Å². The van der Waals surface area contributed by atoms with E-state index in [2.05, 4.69) is 10.6 Å². The van der Waals surface area contributed by atoms with Crippen LogP contribution in [0.15, 0.2) is 60.9 Å². The molecule has 0 bridgehead atoms. The highest BCUT2D eigenvalue weighted by Gasteiger charge is 2.32. The summed E-state index contributed by atoms with van der Waals surface area (Å²) >= 11 is 0. The van der Waals surface area contributed by atoms with E-state index in [0.29, 0.717) is 0 Å². The van der Waals surface area contributed by atoms with E-state index in [9.17, 15) is 4.79 Å². The Hall–Kier alpha value is -2.81. The summed E-state index contributed by atoms with van der Waals surface area (Å²) in [5.74, 6) is 0.133. The van der Waals surface area contributed by atoms with Crippen LogP contribution in [0.1, 0.15) is 34.3 Å². The molecular formula is C19H16N2O. The lowest BCUT2D eigenvalue weighted by Crippen LogP contribution is -2.37. The molecular weight excluding hydrogens is 272 g/mol. The molecule has 2 N–H and O–H groups in total. The van der Waals surface area contributed by atoms with Crippen LogP contribution >= 0.6 is 0 Å². The third kappa shape index (κ3) is 2.02. The number of ketones is 1. The highest BCUT2D eigenvalue weighted by atomic mass is 16.1. The van der Waals surface area contributed by atoms with E-state index in [0.717, 1.165) is 22.3 Å². The number of rotatable bonds is 2. The number of hydrogen-bond donors (Lipinski definition) is 2. The van der Waals surface area contributed by atoms with E-state index in [1.807, 2.05) is 73.1 Å². The lowest BCUT2D eigenvalue weighted by atomic mass is 9.87. The SMILES string of the molecule is O=C(C1NC=Cc2ccccc21)C1NC=Cc2ccccc21. The monoisotopic (exact) mass is 288 g/mol. The van der Waals surface area contributed by atoms with Crippen LogP contribution in [0.5, 0.6) is 0 Å². The quantitative estimate of drug-likeness (QED) is 0.891. The first-order chi connectivity index (χ1) is 10.8. The molecule has 22 heavy (non-hydrogen) atoms. The van der Waals surface area contributed by atoms with Crippen LogP contribution in [0.4, 0.5) is 0 Å². The smallest absolute Gasteiger partial charge is 0.186 e. The zero-order chi connectivity index (χ0) is 14.9. The number of hydrogen-bond acceptors (Lipinski definition) is 3. The Morgan fingerprint density at radius 3 is 1.68 bits per heavy atom.